The van der Waals surface area contributed by atoms with Crippen molar-refractivity contribution in [1.29, 1.82) is 0 Å². The lowest BCUT2D eigenvalue weighted by Gasteiger charge is -2.07. The summed E-state index contributed by atoms with van der Waals surface area (Å²) in [5.74, 6) is 1.13. The standard InChI is InChI=1S/C19H18N4O2/c1-4-25-15-10-6-9-14(21-15)23-19-17(12(3)22-23)18(24)16-11(2)7-5-8-13(16)20-19/h5-10H,4H2,1-3H3,(H,20,24). The molecule has 0 saturated heterocycles. The van der Waals surface area contributed by atoms with E-state index in [9.17, 15) is 4.79 Å². The van der Waals surface area contributed by atoms with Crippen molar-refractivity contribution in [2.24, 2.45) is 0 Å². The number of hydrogen-bond acceptors (Lipinski definition) is 4. The minimum absolute atomic E-state index is 0.00781. The summed E-state index contributed by atoms with van der Waals surface area (Å²) in [7, 11) is 0. The van der Waals surface area contributed by atoms with Crippen LogP contribution in [-0.2, 0) is 0 Å². The number of nitrogens with zero attached hydrogens (tertiary/aromatic N) is 3. The Labute approximate surface area is 144 Å². The summed E-state index contributed by atoms with van der Waals surface area (Å²) in [5.41, 5.74) is 3.04. The first-order valence-corrected chi connectivity index (χ1v) is 8.21. The van der Waals surface area contributed by atoms with Gasteiger partial charge in [0.25, 0.3) is 0 Å². The van der Waals surface area contributed by atoms with Gasteiger partial charge < -0.3 is 9.72 Å². The number of nitrogens with one attached hydrogen (secondary N) is 1. The van der Waals surface area contributed by atoms with Crippen LogP contribution in [0.5, 0.6) is 5.88 Å². The summed E-state index contributed by atoms with van der Waals surface area (Å²) in [4.78, 5) is 20.9. The molecule has 25 heavy (non-hydrogen) atoms. The quantitative estimate of drug-likeness (QED) is 0.624. The molecular weight excluding hydrogens is 316 g/mol. The molecule has 0 unspecified atom stereocenters. The van der Waals surface area contributed by atoms with Crippen LogP contribution in [0.15, 0.2) is 41.2 Å². The SMILES string of the molecule is CCOc1cccc(-n2nc(C)c3c(=O)c4c(C)cccc4[nH]c32)n1. The fraction of sp³-hybridized carbons (Fsp3) is 0.211. The fourth-order valence-corrected chi connectivity index (χ4v) is 3.16. The van der Waals surface area contributed by atoms with Gasteiger partial charge in [0.1, 0.15) is 5.65 Å². The molecule has 4 rings (SSSR count). The van der Waals surface area contributed by atoms with Crippen LogP contribution in [0.1, 0.15) is 18.2 Å². The molecule has 3 heterocycles. The van der Waals surface area contributed by atoms with E-state index in [1.54, 1.807) is 10.7 Å². The lowest BCUT2D eigenvalue weighted by atomic mass is 10.1. The van der Waals surface area contributed by atoms with E-state index in [0.717, 1.165) is 11.1 Å². The van der Waals surface area contributed by atoms with E-state index in [-0.39, 0.29) is 5.43 Å². The Hall–Kier alpha value is -3.15. The van der Waals surface area contributed by atoms with E-state index in [1.165, 1.54) is 0 Å². The molecule has 0 saturated carbocycles. The third-order valence-electron chi connectivity index (χ3n) is 4.26. The minimum Gasteiger partial charge on any atom is -0.478 e. The largest absolute Gasteiger partial charge is 0.478 e. The number of H-pyrrole nitrogens is 1. The first-order valence-electron chi connectivity index (χ1n) is 8.21. The van der Waals surface area contributed by atoms with Gasteiger partial charge in [0.2, 0.25) is 11.3 Å². The summed E-state index contributed by atoms with van der Waals surface area (Å²) >= 11 is 0. The molecule has 4 aromatic rings. The van der Waals surface area contributed by atoms with Gasteiger partial charge in [0, 0.05) is 11.5 Å². The van der Waals surface area contributed by atoms with Gasteiger partial charge in [-0.15, -0.1) is 0 Å². The normalized spacial score (nSPS) is 11.3. The van der Waals surface area contributed by atoms with Gasteiger partial charge in [-0.05, 0) is 38.5 Å². The van der Waals surface area contributed by atoms with Crippen LogP contribution in [0.3, 0.4) is 0 Å². The van der Waals surface area contributed by atoms with Crippen LogP contribution in [0, 0.1) is 13.8 Å². The number of fused-ring (bicyclic) bond motifs is 2. The molecule has 0 bridgehead atoms. The van der Waals surface area contributed by atoms with Crippen LogP contribution in [0.4, 0.5) is 0 Å². The molecule has 0 fully saturated rings. The summed E-state index contributed by atoms with van der Waals surface area (Å²) < 4.78 is 7.14. The number of ether oxygens (including phenoxy) is 1. The topological polar surface area (TPSA) is 72.8 Å². The van der Waals surface area contributed by atoms with E-state index in [1.807, 2.05) is 51.1 Å². The summed E-state index contributed by atoms with van der Waals surface area (Å²) in [6, 6.07) is 11.3. The lowest BCUT2D eigenvalue weighted by Crippen LogP contribution is -2.07. The monoisotopic (exact) mass is 334 g/mol. The number of benzene rings is 1. The highest BCUT2D eigenvalue weighted by molar-refractivity contribution is 5.94. The highest BCUT2D eigenvalue weighted by Crippen LogP contribution is 2.22. The molecular formula is C19H18N4O2. The van der Waals surface area contributed by atoms with Crippen molar-refractivity contribution in [3.8, 4) is 11.7 Å². The summed E-state index contributed by atoms with van der Waals surface area (Å²) in [5, 5.41) is 5.83. The molecule has 1 aromatic carbocycles. The van der Waals surface area contributed by atoms with Crippen LogP contribution in [0.25, 0.3) is 27.8 Å². The predicted molar refractivity (Wildman–Crippen MR) is 97.6 cm³/mol. The van der Waals surface area contributed by atoms with E-state index in [0.29, 0.717) is 40.4 Å². The van der Waals surface area contributed by atoms with Crippen LogP contribution >= 0.6 is 0 Å². The Morgan fingerprint density at radius 1 is 1.12 bits per heavy atom. The Morgan fingerprint density at radius 2 is 1.92 bits per heavy atom. The van der Waals surface area contributed by atoms with Crippen molar-refractivity contribution in [2.75, 3.05) is 6.61 Å². The Morgan fingerprint density at radius 3 is 2.72 bits per heavy atom. The number of aromatic amines is 1. The molecule has 3 aromatic heterocycles. The minimum atomic E-state index is -0.00781. The van der Waals surface area contributed by atoms with Crippen molar-refractivity contribution in [2.45, 2.75) is 20.8 Å². The van der Waals surface area contributed by atoms with E-state index in [4.69, 9.17) is 4.74 Å². The van der Waals surface area contributed by atoms with Crippen LogP contribution < -0.4 is 10.2 Å². The molecule has 0 radical (unpaired) electrons. The highest BCUT2D eigenvalue weighted by atomic mass is 16.5. The van der Waals surface area contributed by atoms with Crippen molar-refractivity contribution in [3.05, 3.63) is 57.9 Å². The molecule has 0 aliphatic rings. The maximum absolute atomic E-state index is 13.0. The third-order valence-corrected chi connectivity index (χ3v) is 4.26. The molecule has 0 aliphatic heterocycles. The molecule has 6 heteroatoms. The number of pyridine rings is 2. The van der Waals surface area contributed by atoms with E-state index in [2.05, 4.69) is 15.1 Å². The number of hydrogen-bond donors (Lipinski definition) is 1. The van der Waals surface area contributed by atoms with E-state index < -0.39 is 0 Å². The van der Waals surface area contributed by atoms with Gasteiger partial charge in [-0.2, -0.15) is 14.8 Å². The van der Waals surface area contributed by atoms with Gasteiger partial charge in [-0.3, -0.25) is 4.79 Å². The average Bonchev–Trinajstić information content (AvgIpc) is 2.92. The zero-order valence-corrected chi connectivity index (χ0v) is 14.3. The second kappa shape index (κ2) is 5.73. The summed E-state index contributed by atoms with van der Waals surface area (Å²) in [6.07, 6.45) is 0. The molecule has 0 spiro atoms. The first kappa shape index (κ1) is 15.4. The van der Waals surface area contributed by atoms with Crippen molar-refractivity contribution in [1.82, 2.24) is 19.7 Å². The first-order chi connectivity index (χ1) is 12.1. The molecule has 6 nitrogen and oxygen atoms in total. The summed E-state index contributed by atoms with van der Waals surface area (Å²) in [6.45, 7) is 6.23. The maximum atomic E-state index is 13.0. The van der Waals surface area contributed by atoms with Gasteiger partial charge in [0.15, 0.2) is 5.82 Å². The fourth-order valence-electron chi connectivity index (χ4n) is 3.16. The van der Waals surface area contributed by atoms with Crippen LogP contribution in [0.2, 0.25) is 0 Å². The predicted octanol–water partition coefficient (Wildman–Crippen LogP) is 3.28. The number of aryl methyl sites for hydroxylation is 2. The molecule has 1 N–H and O–H groups in total. The average molecular weight is 334 g/mol. The third kappa shape index (κ3) is 2.38. The highest BCUT2D eigenvalue weighted by Gasteiger charge is 2.17. The van der Waals surface area contributed by atoms with Crippen molar-refractivity contribution in [3.63, 3.8) is 0 Å². The van der Waals surface area contributed by atoms with Crippen molar-refractivity contribution < 1.29 is 4.74 Å². The van der Waals surface area contributed by atoms with Gasteiger partial charge in [-0.1, -0.05) is 18.2 Å². The molecule has 0 atom stereocenters. The molecule has 0 amide bonds. The lowest BCUT2D eigenvalue weighted by molar-refractivity contribution is 0.326. The Kier molecular flexibility index (Phi) is 3.53. The molecule has 126 valence electrons. The maximum Gasteiger partial charge on any atom is 0.215 e. The second-order valence-electron chi connectivity index (χ2n) is 5.94. The zero-order valence-electron chi connectivity index (χ0n) is 14.3. The zero-order chi connectivity index (χ0) is 17.6. The van der Waals surface area contributed by atoms with E-state index >= 15 is 0 Å². The van der Waals surface area contributed by atoms with Crippen LogP contribution in [-0.4, -0.2) is 26.4 Å². The molecule has 0 aliphatic carbocycles. The number of aromatic nitrogens is 4. The Bertz CT molecular complexity index is 1160. The second-order valence-corrected chi connectivity index (χ2v) is 5.94. The smallest absolute Gasteiger partial charge is 0.215 e. The number of rotatable bonds is 3. The van der Waals surface area contributed by atoms with Gasteiger partial charge in [-0.25, -0.2) is 0 Å². The van der Waals surface area contributed by atoms with Crippen molar-refractivity contribution >= 4 is 21.9 Å². The van der Waals surface area contributed by atoms with Gasteiger partial charge >= 0.3 is 0 Å². The Balaban J connectivity index is 2.05. The van der Waals surface area contributed by atoms with Gasteiger partial charge in [0.05, 0.1) is 23.2 Å².